The van der Waals surface area contributed by atoms with E-state index in [0.29, 0.717) is 36.2 Å². The summed E-state index contributed by atoms with van der Waals surface area (Å²) in [6.07, 6.45) is -21.7. The van der Waals surface area contributed by atoms with Crippen LogP contribution in [0.15, 0.2) is 97.1 Å². The molecule has 394 valence electrons. The van der Waals surface area contributed by atoms with Crippen LogP contribution in [0.2, 0.25) is 0 Å². The van der Waals surface area contributed by atoms with Gasteiger partial charge in [0.25, 0.3) is 0 Å². The Bertz CT molecular complexity index is 2410. The molecule has 2 unspecified atom stereocenters. The van der Waals surface area contributed by atoms with Gasteiger partial charge in [0.15, 0.2) is 0 Å². The van der Waals surface area contributed by atoms with Crippen LogP contribution in [0.1, 0.15) is 109 Å². The van der Waals surface area contributed by atoms with Gasteiger partial charge in [-0.2, -0.15) is 52.7 Å². The first-order chi connectivity index (χ1) is 33.4. The average Bonchev–Trinajstić information content (AvgIpc) is 3.33. The molecule has 0 saturated carbocycles. The Labute approximate surface area is 404 Å². The third-order valence-electron chi connectivity index (χ3n) is 13.0. The van der Waals surface area contributed by atoms with E-state index in [2.05, 4.69) is 15.4 Å². The lowest BCUT2D eigenvalue weighted by Crippen LogP contribution is -2.61. The fraction of sp³-hybridized carbons (Fsp3) is 0.479. The van der Waals surface area contributed by atoms with Crippen LogP contribution in [0.3, 0.4) is 0 Å². The number of carbonyl (C=O) groups excluding carboxylic acids is 1. The number of hydrogen-bond donors (Lipinski definition) is 2. The molecule has 2 N–H and O–H groups in total. The lowest BCUT2D eigenvalue weighted by Gasteiger charge is -2.44. The van der Waals surface area contributed by atoms with Crippen LogP contribution in [0.5, 0.6) is 0 Å². The van der Waals surface area contributed by atoms with Gasteiger partial charge in [0.1, 0.15) is 0 Å². The Hall–Kier alpha value is -5.85. The molecule has 0 bridgehead atoms. The summed E-state index contributed by atoms with van der Waals surface area (Å²) in [5.74, 6) is -0.590. The Morgan fingerprint density at radius 1 is 0.639 bits per heavy atom. The van der Waals surface area contributed by atoms with Crippen LogP contribution in [0.25, 0.3) is 0 Å². The largest absolute Gasteiger partial charge is 0.469 e. The van der Waals surface area contributed by atoms with Crippen molar-refractivity contribution >= 4 is 5.97 Å². The lowest BCUT2D eigenvalue weighted by atomic mass is 9.75. The average molecular weight is 1040 g/mol. The summed E-state index contributed by atoms with van der Waals surface area (Å²) in [5.41, 5.74) is -8.20. The zero-order chi connectivity index (χ0) is 53.5. The maximum absolute atomic E-state index is 13.3. The van der Waals surface area contributed by atoms with Crippen molar-refractivity contribution in [3.8, 4) is 0 Å². The van der Waals surface area contributed by atoms with Gasteiger partial charge in [-0.3, -0.25) is 35.7 Å². The molecule has 24 heteroatoms. The van der Waals surface area contributed by atoms with E-state index in [0.717, 1.165) is 5.56 Å². The van der Waals surface area contributed by atoms with Crippen molar-refractivity contribution in [2.24, 2.45) is 0 Å². The minimum Gasteiger partial charge on any atom is -0.469 e. The first-order valence-corrected chi connectivity index (χ1v) is 22.2. The van der Waals surface area contributed by atoms with Crippen molar-refractivity contribution in [1.29, 1.82) is 0 Å². The van der Waals surface area contributed by atoms with Crippen LogP contribution in [0.4, 0.5) is 52.7 Å². The van der Waals surface area contributed by atoms with Gasteiger partial charge < -0.3 is 14.2 Å². The van der Waals surface area contributed by atoms with Crippen LogP contribution in [-0.4, -0.2) is 60.8 Å². The summed E-state index contributed by atoms with van der Waals surface area (Å²) in [7, 11) is 1.18. The van der Waals surface area contributed by atoms with Crippen LogP contribution < -0.4 is 10.6 Å². The second-order valence-electron chi connectivity index (χ2n) is 17.8. The van der Waals surface area contributed by atoms with E-state index in [4.69, 9.17) is 9.47 Å². The van der Waals surface area contributed by atoms with Crippen molar-refractivity contribution in [2.75, 3.05) is 33.4 Å². The minimum absolute atomic E-state index is 0.0401. The van der Waals surface area contributed by atoms with Gasteiger partial charge >= 0.3 is 30.7 Å². The van der Waals surface area contributed by atoms with Crippen molar-refractivity contribution in [3.05, 3.63) is 162 Å². The summed E-state index contributed by atoms with van der Waals surface area (Å²) in [5, 5.41) is 29.4. The molecular formula is C48H50F12N4O8. The van der Waals surface area contributed by atoms with Crippen molar-refractivity contribution in [1.82, 2.24) is 10.6 Å². The van der Waals surface area contributed by atoms with E-state index in [1.54, 1.807) is 60.7 Å². The maximum atomic E-state index is 13.3. The fourth-order valence-corrected chi connectivity index (χ4v) is 8.53. The molecule has 2 aliphatic rings. The number of hydrogen-bond acceptors (Lipinski definition) is 10. The number of nitrogens with one attached hydrogen (secondary N) is 2. The molecule has 0 aromatic heterocycles. The molecule has 4 aromatic carbocycles. The highest BCUT2D eigenvalue weighted by Crippen LogP contribution is 2.43. The number of nitrogens with zero attached hydrogens (tertiary/aromatic N) is 2. The normalized spacial score (nSPS) is 22.7. The number of benzene rings is 4. The van der Waals surface area contributed by atoms with Gasteiger partial charge in [-0.15, -0.1) is 0 Å². The Morgan fingerprint density at radius 3 is 1.35 bits per heavy atom. The van der Waals surface area contributed by atoms with Gasteiger partial charge in [0.05, 0.1) is 85.4 Å². The third kappa shape index (κ3) is 14.2. The van der Waals surface area contributed by atoms with Gasteiger partial charge in [0.2, 0.25) is 11.6 Å². The van der Waals surface area contributed by atoms with Crippen molar-refractivity contribution < 1.29 is 81.5 Å². The maximum Gasteiger partial charge on any atom is 0.416 e. The summed E-state index contributed by atoms with van der Waals surface area (Å²) in [6.45, 7) is 2.33. The molecule has 0 radical (unpaired) electrons. The highest BCUT2D eigenvalue weighted by atomic mass is 19.4. The number of alkyl halides is 12. The first kappa shape index (κ1) is 57.1. The summed E-state index contributed by atoms with van der Waals surface area (Å²) in [4.78, 5) is 33.9. The number of rotatable bonds is 15. The predicted octanol–water partition coefficient (Wildman–Crippen LogP) is 11.8. The second kappa shape index (κ2) is 22.5. The highest BCUT2D eigenvalue weighted by molar-refractivity contribution is 5.69. The molecule has 72 heavy (non-hydrogen) atoms. The number of nitro groups is 2. The van der Waals surface area contributed by atoms with E-state index in [1.165, 1.54) is 21.0 Å². The molecule has 12 nitrogen and oxygen atoms in total. The first-order valence-electron chi connectivity index (χ1n) is 22.2. The van der Waals surface area contributed by atoms with Crippen molar-refractivity contribution in [2.45, 2.75) is 112 Å². The fourth-order valence-electron chi connectivity index (χ4n) is 8.53. The molecule has 0 amide bonds. The predicted molar refractivity (Wildman–Crippen MR) is 234 cm³/mol. The highest BCUT2D eigenvalue weighted by Gasteiger charge is 2.52. The third-order valence-corrected chi connectivity index (χ3v) is 13.0. The Kier molecular flexibility index (Phi) is 17.8. The zero-order valence-electron chi connectivity index (χ0n) is 38.7. The van der Waals surface area contributed by atoms with Crippen LogP contribution in [0, 0.1) is 20.2 Å². The van der Waals surface area contributed by atoms with Crippen LogP contribution in [-0.2, 0) is 54.8 Å². The molecule has 2 fully saturated rings. The number of piperidine rings is 2. The van der Waals surface area contributed by atoms with Gasteiger partial charge in [-0.1, -0.05) is 60.7 Å². The topological polar surface area (TPSA) is 155 Å². The zero-order valence-corrected chi connectivity index (χ0v) is 38.7. The van der Waals surface area contributed by atoms with Gasteiger partial charge in [-0.05, 0) is 85.3 Å². The standard InChI is InChI=1S/C26H28F6N2O5.C22H22F6N2O3/c1-17(18-12-20(25(27,28)29)14-21(13-18)26(30,31)32)39-16-24(19-6-4-3-5-7-19)11-10-23(15-33-24,34(36)37)9-8-22(35)38-2;1-14(15-9-17(21(23,24)25)11-18(10-15)22(26,27)28)33-13-20(16-5-3-2-4-6-16)8-7-19(12-29-20)30(31)32/h3-7,12-14,17,33H,8-11,15-16H2,1-2H3;2-6,9-11,14,19,29H,7-8,12-13H2,1H3/t17-,23?,24-;14-,19?,20-/m11/s1. The van der Waals surface area contributed by atoms with E-state index in [-0.39, 0.29) is 86.6 Å². The number of esters is 1. The quantitative estimate of drug-likeness (QED) is 0.0509. The van der Waals surface area contributed by atoms with E-state index in [9.17, 15) is 77.7 Å². The Balaban J connectivity index is 0.000000271. The van der Waals surface area contributed by atoms with E-state index in [1.807, 2.05) is 0 Å². The van der Waals surface area contributed by atoms with Crippen molar-refractivity contribution in [3.63, 3.8) is 0 Å². The summed E-state index contributed by atoms with van der Waals surface area (Å²) >= 11 is 0. The number of carbonyl (C=O) groups is 1. The molecule has 2 aliphatic heterocycles. The number of methoxy groups -OCH3 is 1. The molecule has 2 saturated heterocycles. The SMILES string of the molecule is COC(=O)CCC1([N+](=O)[O-])CC[C@@](CO[C@H](C)c2cc(C(F)(F)F)cc(C(F)(F)F)c2)(c2ccccc2)NC1.C[C@@H](OC[C@@]1(c2ccccc2)CCC([N+](=O)[O-])CN1)c1cc(C(F)(F)F)cc(C(F)(F)F)c1. The van der Waals surface area contributed by atoms with Gasteiger partial charge in [0, 0.05) is 29.1 Å². The van der Waals surface area contributed by atoms with E-state index < -0.39 is 92.7 Å². The van der Waals surface area contributed by atoms with Crippen LogP contribution >= 0.6 is 0 Å². The number of halogens is 12. The number of ether oxygens (including phenoxy) is 3. The molecular weight excluding hydrogens is 989 g/mol. The summed E-state index contributed by atoms with van der Waals surface area (Å²) in [6, 6.07) is 19.5. The molecule has 4 aromatic rings. The second-order valence-corrected chi connectivity index (χ2v) is 17.8. The molecule has 0 aliphatic carbocycles. The smallest absolute Gasteiger partial charge is 0.416 e. The van der Waals surface area contributed by atoms with E-state index >= 15 is 0 Å². The Morgan fingerprint density at radius 2 is 1.04 bits per heavy atom. The molecule has 2 heterocycles. The lowest BCUT2D eigenvalue weighted by molar-refractivity contribution is -0.573. The summed E-state index contributed by atoms with van der Waals surface area (Å²) < 4.78 is 175. The molecule has 6 atom stereocenters. The monoisotopic (exact) mass is 1040 g/mol. The van der Waals surface area contributed by atoms with Gasteiger partial charge in [-0.25, -0.2) is 0 Å². The molecule has 0 spiro atoms. The molecule has 6 rings (SSSR count). The minimum atomic E-state index is -5.00.